The number of hydrogen-bond acceptors (Lipinski definition) is 7. The van der Waals surface area contributed by atoms with Gasteiger partial charge in [0.15, 0.2) is 5.76 Å². The average Bonchev–Trinajstić information content (AvgIpc) is 3.65. The highest BCUT2D eigenvalue weighted by atomic mass is 32.1. The summed E-state index contributed by atoms with van der Waals surface area (Å²) in [7, 11) is 0. The van der Waals surface area contributed by atoms with Crippen LogP contribution in [-0.4, -0.2) is 31.5 Å². The Morgan fingerprint density at radius 3 is 2.66 bits per heavy atom. The molecular weight excluding hydrogens is 464 g/mol. The summed E-state index contributed by atoms with van der Waals surface area (Å²) in [6, 6.07) is 16.8. The zero-order chi connectivity index (χ0) is 24.2. The molecule has 3 N–H and O–H groups in total. The summed E-state index contributed by atoms with van der Waals surface area (Å²) in [5.41, 5.74) is 4.87. The molecule has 3 aromatic heterocycles. The Balaban J connectivity index is 1.23. The second-order valence-electron chi connectivity index (χ2n) is 7.86. The Bertz CT molecular complexity index is 1470. The number of carbonyl (C=O) groups is 2. The van der Waals surface area contributed by atoms with Crippen LogP contribution in [0.2, 0.25) is 0 Å². The predicted molar refractivity (Wildman–Crippen MR) is 132 cm³/mol. The van der Waals surface area contributed by atoms with Gasteiger partial charge in [0, 0.05) is 23.9 Å². The summed E-state index contributed by atoms with van der Waals surface area (Å²) >= 11 is 1.33. The van der Waals surface area contributed by atoms with Gasteiger partial charge in [-0.1, -0.05) is 51.6 Å². The lowest BCUT2D eigenvalue weighted by atomic mass is 10.1. The third-order valence-electron chi connectivity index (χ3n) is 5.34. The van der Waals surface area contributed by atoms with Crippen molar-refractivity contribution < 1.29 is 14.1 Å². The highest BCUT2D eigenvalue weighted by Gasteiger charge is 2.18. The Kier molecular flexibility index (Phi) is 6.18. The molecule has 0 spiro atoms. The third kappa shape index (κ3) is 5.02. The fourth-order valence-corrected chi connectivity index (χ4v) is 4.05. The molecule has 0 aliphatic carbocycles. The van der Waals surface area contributed by atoms with E-state index < -0.39 is 0 Å². The average molecular weight is 485 g/mol. The van der Waals surface area contributed by atoms with Crippen LogP contribution in [0, 0.1) is 6.92 Å². The maximum Gasteiger partial charge on any atom is 0.267 e. The Hall–Kier alpha value is -4.57. The summed E-state index contributed by atoms with van der Waals surface area (Å²) in [5.74, 6) is -0.185. The van der Waals surface area contributed by atoms with Crippen molar-refractivity contribution in [2.75, 3.05) is 5.32 Å². The first-order valence-corrected chi connectivity index (χ1v) is 11.5. The van der Waals surface area contributed by atoms with Gasteiger partial charge < -0.3 is 20.1 Å². The molecule has 2 aromatic carbocycles. The Labute approximate surface area is 204 Å². The molecule has 174 valence electrons. The molecule has 0 saturated heterocycles. The van der Waals surface area contributed by atoms with E-state index in [1.54, 1.807) is 30.6 Å². The van der Waals surface area contributed by atoms with Crippen molar-refractivity contribution in [1.29, 1.82) is 0 Å². The lowest BCUT2D eigenvalue weighted by molar-refractivity contribution is 0.0945. The quantitative estimate of drug-likeness (QED) is 0.308. The zero-order valence-electron chi connectivity index (χ0n) is 18.6. The van der Waals surface area contributed by atoms with Gasteiger partial charge in [0.1, 0.15) is 11.4 Å². The number of nitrogens with one attached hydrogen (secondary N) is 3. The Morgan fingerprint density at radius 1 is 1.03 bits per heavy atom. The fraction of sp³-hybridized carbons (Fsp3) is 0.0800. The summed E-state index contributed by atoms with van der Waals surface area (Å²) < 4.78 is 9.22. The van der Waals surface area contributed by atoms with Crippen molar-refractivity contribution in [3.63, 3.8) is 0 Å². The summed E-state index contributed by atoms with van der Waals surface area (Å²) in [4.78, 5) is 29.2. The molecule has 3 heterocycles. The lowest BCUT2D eigenvalue weighted by Gasteiger charge is -2.05. The van der Waals surface area contributed by atoms with Gasteiger partial charge in [-0.3, -0.25) is 9.59 Å². The zero-order valence-corrected chi connectivity index (χ0v) is 19.4. The van der Waals surface area contributed by atoms with Crippen LogP contribution >= 0.6 is 11.5 Å². The molecule has 2 amide bonds. The van der Waals surface area contributed by atoms with Gasteiger partial charge in [0.05, 0.1) is 17.3 Å². The molecule has 5 aromatic rings. The molecule has 0 aliphatic heterocycles. The topological polar surface area (TPSA) is 126 Å². The minimum absolute atomic E-state index is 0.267. The number of H-pyrrole nitrogens is 1. The highest BCUT2D eigenvalue weighted by Crippen LogP contribution is 2.29. The molecular formula is C25H20N6O3S. The molecule has 0 unspecified atom stereocenters. The molecule has 9 nitrogen and oxygen atoms in total. The maximum atomic E-state index is 12.7. The number of amides is 2. The number of nitrogens with zero attached hydrogens (tertiary/aromatic N) is 3. The van der Waals surface area contributed by atoms with Crippen LogP contribution in [0.4, 0.5) is 5.69 Å². The van der Waals surface area contributed by atoms with Gasteiger partial charge in [-0.15, -0.1) is 5.10 Å². The number of hydrogen-bond donors (Lipinski definition) is 3. The van der Waals surface area contributed by atoms with Crippen molar-refractivity contribution >= 4 is 29.0 Å². The number of aromatic amines is 1. The minimum Gasteiger partial charge on any atom is -0.356 e. The molecule has 10 heteroatoms. The molecule has 35 heavy (non-hydrogen) atoms. The van der Waals surface area contributed by atoms with Gasteiger partial charge in [-0.05, 0) is 47.8 Å². The normalized spacial score (nSPS) is 10.8. The molecule has 0 bridgehead atoms. The van der Waals surface area contributed by atoms with Crippen molar-refractivity contribution in [2.24, 2.45) is 0 Å². The van der Waals surface area contributed by atoms with Gasteiger partial charge in [-0.2, -0.15) is 0 Å². The number of aromatic nitrogens is 4. The maximum absolute atomic E-state index is 12.7. The van der Waals surface area contributed by atoms with E-state index in [-0.39, 0.29) is 11.8 Å². The third-order valence-corrected chi connectivity index (χ3v) is 6.06. The molecule has 0 aliphatic rings. The van der Waals surface area contributed by atoms with Crippen LogP contribution in [0.1, 0.15) is 32.0 Å². The second kappa shape index (κ2) is 9.74. The first-order chi connectivity index (χ1) is 17.1. The number of aryl methyl sites for hydroxylation is 1. The molecule has 0 radical (unpaired) electrons. The first-order valence-electron chi connectivity index (χ1n) is 10.7. The molecule has 0 atom stereocenters. The number of benzene rings is 2. The van der Waals surface area contributed by atoms with Crippen molar-refractivity contribution in [3.8, 4) is 21.8 Å². The van der Waals surface area contributed by atoms with E-state index >= 15 is 0 Å². The van der Waals surface area contributed by atoms with Crippen LogP contribution in [-0.2, 0) is 6.54 Å². The number of rotatable bonds is 7. The lowest BCUT2D eigenvalue weighted by Crippen LogP contribution is -2.22. The SMILES string of the molecule is Cc1cccc(C(=O)Nc2cnoc2-c2c[nH]c(C(=O)NCc3ccc(-c4cnns4)cc3)c2)c1. The number of carbonyl (C=O) groups excluding carboxylic acids is 2. The van der Waals surface area contributed by atoms with Gasteiger partial charge in [-0.25, -0.2) is 0 Å². The van der Waals surface area contributed by atoms with Crippen LogP contribution < -0.4 is 10.6 Å². The van der Waals surface area contributed by atoms with Crippen LogP contribution in [0.3, 0.4) is 0 Å². The minimum atomic E-state index is -0.274. The van der Waals surface area contributed by atoms with Gasteiger partial charge >= 0.3 is 0 Å². The largest absolute Gasteiger partial charge is 0.356 e. The van der Waals surface area contributed by atoms with Crippen molar-refractivity contribution in [2.45, 2.75) is 13.5 Å². The summed E-state index contributed by atoms with van der Waals surface area (Å²) in [5, 5.41) is 13.4. The van der Waals surface area contributed by atoms with Gasteiger partial charge in [0.25, 0.3) is 11.8 Å². The van der Waals surface area contributed by atoms with E-state index in [2.05, 4.69) is 30.4 Å². The van der Waals surface area contributed by atoms with Gasteiger partial charge in [0.2, 0.25) is 0 Å². The Morgan fingerprint density at radius 2 is 1.89 bits per heavy atom. The smallest absolute Gasteiger partial charge is 0.267 e. The summed E-state index contributed by atoms with van der Waals surface area (Å²) in [6.07, 6.45) is 4.79. The highest BCUT2D eigenvalue weighted by molar-refractivity contribution is 7.09. The summed E-state index contributed by atoms with van der Waals surface area (Å²) in [6.45, 7) is 2.29. The predicted octanol–water partition coefficient (Wildman–Crippen LogP) is 4.68. The fourth-order valence-electron chi connectivity index (χ4n) is 3.53. The van der Waals surface area contributed by atoms with E-state index in [9.17, 15) is 9.59 Å². The van der Waals surface area contributed by atoms with Crippen LogP contribution in [0.25, 0.3) is 21.8 Å². The molecule has 5 rings (SSSR count). The van der Waals surface area contributed by atoms with Crippen LogP contribution in [0.15, 0.2) is 77.7 Å². The van der Waals surface area contributed by atoms with Crippen molar-refractivity contribution in [3.05, 3.63) is 95.6 Å². The molecule has 0 saturated carbocycles. The van der Waals surface area contributed by atoms with E-state index in [1.165, 1.54) is 17.7 Å². The van der Waals surface area contributed by atoms with Crippen molar-refractivity contribution in [1.82, 2.24) is 25.0 Å². The monoisotopic (exact) mass is 484 g/mol. The van der Waals surface area contributed by atoms with E-state index in [4.69, 9.17) is 4.52 Å². The van der Waals surface area contributed by atoms with E-state index in [0.717, 1.165) is 21.6 Å². The van der Waals surface area contributed by atoms with E-state index in [1.807, 2.05) is 43.3 Å². The first kappa shape index (κ1) is 22.2. The van der Waals surface area contributed by atoms with E-state index in [0.29, 0.717) is 34.8 Å². The number of anilines is 1. The standard InChI is InChI=1S/C25H20N6O3S/c1-15-3-2-4-18(9-15)24(32)30-21-13-29-34-23(21)19-10-20(26-12-19)25(33)27-11-16-5-7-17(8-6-16)22-14-28-31-35-22/h2-10,12-14,26H,11H2,1H3,(H,27,33)(H,30,32). The van der Waals surface area contributed by atoms with Crippen LogP contribution in [0.5, 0.6) is 0 Å². The molecule has 0 fully saturated rings. The second-order valence-corrected chi connectivity index (χ2v) is 8.64.